The molecule has 0 saturated carbocycles. The molecule has 56 valence electrons. The Balaban J connectivity index is 2.28. The lowest BCUT2D eigenvalue weighted by atomic mass is 10.1. The highest BCUT2D eigenvalue weighted by Crippen LogP contribution is 2.10. The molecular weight excluding hydrogens is 192 g/mol. The zero-order chi connectivity index (χ0) is 7.23. The van der Waals surface area contributed by atoms with E-state index >= 15 is 0 Å². The molecule has 2 heteroatoms. The molecule has 10 heavy (non-hydrogen) atoms. The van der Waals surface area contributed by atoms with Crippen LogP contribution in [-0.4, -0.2) is 11.4 Å². The summed E-state index contributed by atoms with van der Waals surface area (Å²) in [5, 5.41) is 0.913. The van der Waals surface area contributed by atoms with Gasteiger partial charge in [0.15, 0.2) is 0 Å². The van der Waals surface area contributed by atoms with Crippen molar-refractivity contribution in [1.29, 1.82) is 0 Å². The lowest BCUT2D eigenvalue weighted by Crippen LogP contribution is -2.08. The van der Waals surface area contributed by atoms with Crippen LogP contribution < -0.4 is 0 Å². The molecule has 0 aliphatic carbocycles. The predicted molar refractivity (Wildman–Crippen MR) is 46.2 cm³/mol. The molecule has 1 nitrogen and oxygen atoms in total. The fraction of sp³-hybridized carbons (Fsp3) is 0.500. The lowest BCUT2D eigenvalue weighted by Gasteiger charge is -2.14. The summed E-state index contributed by atoms with van der Waals surface area (Å²) in [4.78, 5) is 0. The van der Waals surface area contributed by atoms with Gasteiger partial charge in [0.25, 0.3) is 0 Å². The second-order valence-corrected chi connectivity index (χ2v) is 2.85. The molecule has 0 N–H and O–H groups in total. The van der Waals surface area contributed by atoms with Gasteiger partial charge < -0.3 is 4.74 Å². The van der Waals surface area contributed by atoms with Crippen molar-refractivity contribution in [3.05, 3.63) is 24.5 Å². The Kier molecular flexibility index (Phi) is 3.58. The zero-order valence-electron chi connectivity index (χ0n) is 5.79. The summed E-state index contributed by atoms with van der Waals surface area (Å²) in [5.41, 5.74) is 0. The number of allylic oxidation sites excluding steroid dienone is 2. The van der Waals surface area contributed by atoms with Crippen molar-refractivity contribution in [2.45, 2.75) is 18.9 Å². The fourth-order valence-corrected chi connectivity index (χ4v) is 1.11. The SMILES string of the molecule is BrCC=CC1CCC=CO1. The van der Waals surface area contributed by atoms with Crippen molar-refractivity contribution in [3.8, 4) is 0 Å². The minimum atomic E-state index is 0.308. The highest BCUT2D eigenvalue weighted by atomic mass is 79.9. The van der Waals surface area contributed by atoms with E-state index in [1.54, 1.807) is 6.26 Å². The molecule has 1 atom stereocenters. The standard InChI is InChI=1S/C8H11BrO/c9-6-3-5-8-4-1-2-7-10-8/h2-3,5,7-8H,1,4,6H2. The van der Waals surface area contributed by atoms with Crippen LogP contribution in [0.5, 0.6) is 0 Å². The van der Waals surface area contributed by atoms with E-state index in [2.05, 4.69) is 34.2 Å². The van der Waals surface area contributed by atoms with E-state index in [1.807, 2.05) is 0 Å². The first-order chi connectivity index (χ1) is 4.93. The summed E-state index contributed by atoms with van der Waals surface area (Å²) in [6.45, 7) is 0. The monoisotopic (exact) mass is 202 g/mol. The van der Waals surface area contributed by atoms with Gasteiger partial charge in [-0.15, -0.1) is 0 Å². The third-order valence-electron chi connectivity index (χ3n) is 1.41. The number of hydrogen-bond donors (Lipinski definition) is 0. The van der Waals surface area contributed by atoms with Crippen LogP contribution in [-0.2, 0) is 4.74 Å². The molecular formula is C8H11BrO. The average molecular weight is 203 g/mol. The predicted octanol–water partition coefficient (Wildman–Crippen LogP) is 2.63. The number of halogens is 1. The summed E-state index contributed by atoms with van der Waals surface area (Å²) in [6.07, 6.45) is 10.6. The average Bonchev–Trinajstić information content (AvgIpc) is 2.03. The molecule has 0 spiro atoms. The Hall–Kier alpha value is -0.240. The smallest absolute Gasteiger partial charge is 0.116 e. The highest BCUT2D eigenvalue weighted by Gasteiger charge is 2.04. The Bertz CT molecular complexity index is 140. The first kappa shape index (κ1) is 7.86. The van der Waals surface area contributed by atoms with Crippen molar-refractivity contribution in [1.82, 2.24) is 0 Å². The van der Waals surface area contributed by atoms with Gasteiger partial charge in [0, 0.05) is 5.33 Å². The molecule has 0 amide bonds. The van der Waals surface area contributed by atoms with E-state index in [0.29, 0.717) is 6.10 Å². The second-order valence-electron chi connectivity index (χ2n) is 2.21. The van der Waals surface area contributed by atoms with Crippen LogP contribution in [0, 0.1) is 0 Å². The van der Waals surface area contributed by atoms with Gasteiger partial charge in [0.05, 0.1) is 6.26 Å². The lowest BCUT2D eigenvalue weighted by molar-refractivity contribution is 0.165. The van der Waals surface area contributed by atoms with E-state index < -0.39 is 0 Å². The summed E-state index contributed by atoms with van der Waals surface area (Å²) >= 11 is 3.32. The second kappa shape index (κ2) is 4.56. The number of alkyl halides is 1. The Morgan fingerprint density at radius 1 is 1.70 bits per heavy atom. The van der Waals surface area contributed by atoms with Crippen molar-refractivity contribution < 1.29 is 4.74 Å². The first-order valence-electron chi connectivity index (χ1n) is 3.46. The molecule has 0 saturated heterocycles. The number of hydrogen-bond acceptors (Lipinski definition) is 1. The van der Waals surface area contributed by atoms with Crippen molar-refractivity contribution >= 4 is 15.9 Å². The molecule has 0 aromatic carbocycles. The highest BCUT2D eigenvalue weighted by molar-refractivity contribution is 9.09. The quantitative estimate of drug-likeness (QED) is 0.495. The zero-order valence-corrected chi connectivity index (χ0v) is 7.38. The van der Waals surface area contributed by atoms with Crippen LogP contribution in [0.1, 0.15) is 12.8 Å². The van der Waals surface area contributed by atoms with Gasteiger partial charge in [-0.3, -0.25) is 0 Å². The Labute approximate surface area is 69.9 Å². The molecule has 1 rings (SSSR count). The van der Waals surface area contributed by atoms with Gasteiger partial charge in [-0.25, -0.2) is 0 Å². The minimum absolute atomic E-state index is 0.308. The normalized spacial score (nSPS) is 25.1. The first-order valence-corrected chi connectivity index (χ1v) is 4.58. The van der Waals surface area contributed by atoms with E-state index in [0.717, 1.165) is 18.2 Å². The number of rotatable bonds is 2. The molecule has 0 aromatic rings. The van der Waals surface area contributed by atoms with Crippen LogP contribution >= 0.6 is 15.9 Å². The van der Waals surface area contributed by atoms with Gasteiger partial charge in [-0.1, -0.05) is 22.0 Å². The van der Waals surface area contributed by atoms with Gasteiger partial charge in [0.2, 0.25) is 0 Å². The van der Waals surface area contributed by atoms with Crippen LogP contribution in [0.2, 0.25) is 0 Å². The fourth-order valence-electron chi connectivity index (χ4n) is 0.898. The molecule has 0 radical (unpaired) electrons. The summed E-state index contributed by atoms with van der Waals surface area (Å²) in [5.74, 6) is 0. The van der Waals surface area contributed by atoms with Crippen LogP contribution in [0.4, 0.5) is 0 Å². The van der Waals surface area contributed by atoms with E-state index in [9.17, 15) is 0 Å². The maximum Gasteiger partial charge on any atom is 0.116 e. The molecule has 1 aliphatic rings. The van der Waals surface area contributed by atoms with Crippen molar-refractivity contribution in [3.63, 3.8) is 0 Å². The summed E-state index contributed by atoms with van der Waals surface area (Å²) in [7, 11) is 0. The number of ether oxygens (including phenoxy) is 1. The minimum Gasteiger partial charge on any atom is -0.494 e. The van der Waals surface area contributed by atoms with Gasteiger partial charge in [-0.2, -0.15) is 0 Å². The van der Waals surface area contributed by atoms with Crippen molar-refractivity contribution in [2.24, 2.45) is 0 Å². The Morgan fingerprint density at radius 2 is 2.60 bits per heavy atom. The van der Waals surface area contributed by atoms with Gasteiger partial charge in [-0.05, 0) is 25.0 Å². The van der Waals surface area contributed by atoms with E-state index in [4.69, 9.17) is 4.74 Å². The molecule has 1 aliphatic heterocycles. The maximum atomic E-state index is 5.29. The molecule has 0 bridgehead atoms. The topological polar surface area (TPSA) is 9.23 Å². The van der Waals surface area contributed by atoms with Crippen LogP contribution in [0.15, 0.2) is 24.5 Å². The Morgan fingerprint density at radius 3 is 3.20 bits per heavy atom. The maximum absolute atomic E-state index is 5.29. The van der Waals surface area contributed by atoms with Gasteiger partial charge in [0.1, 0.15) is 6.10 Å². The van der Waals surface area contributed by atoms with Crippen LogP contribution in [0.25, 0.3) is 0 Å². The van der Waals surface area contributed by atoms with Gasteiger partial charge >= 0.3 is 0 Å². The van der Waals surface area contributed by atoms with E-state index in [-0.39, 0.29) is 0 Å². The molecule has 0 aromatic heterocycles. The molecule has 1 unspecified atom stereocenters. The summed E-state index contributed by atoms with van der Waals surface area (Å²) in [6, 6.07) is 0. The summed E-state index contributed by atoms with van der Waals surface area (Å²) < 4.78 is 5.29. The molecule has 0 fully saturated rings. The van der Waals surface area contributed by atoms with Crippen LogP contribution in [0.3, 0.4) is 0 Å². The molecule has 1 heterocycles. The van der Waals surface area contributed by atoms with Crippen molar-refractivity contribution in [2.75, 3.05) is 5.33 Å². The third kappa shape index (κ3) is 2.56. The third-order valence-corrected chi connectivity index (χ3v) is 1.78. The largest absolute Gasteiger partial charge is 0.494 e. The van der Waals surface area contributed by atoms with E-state index in [1.165, 1.54) is 0 Å².